The number of rotatable bonds is 1. The standard InChI is InChI=1S/C14H18F2/c1-9-3-4-11(5-10(9)2)12-6-13(15)8-14(16)7-12/h6-11H,3-5H2,1-2H3/t9?,10-,11?/m0/s1. The van der Waals surface area contributed by atoms with Crippen LogP contribution in [0.5, 0.6) is 0 Å². The Bertz CT molecular complexity index is 353. The summed E-state index contributed by atoms with van der Waals surface area (Å²) in [6.45, 7) is 4.49. The first-order chi connectivity index (χ1) is 7.56. The highest BCUT2D eigenvalue weighted by molar-refractivity contribution is 5.22. The minimum absolute atomic E-state index is 0.330. The molecule has 0 spiro atoms. The molecule has 1 aromatic rings. The molecule has 0 aromatic heterocycles. The topological polar surface area (TPSA) is 0 Å². The SMILES string of the molecule is CC1CCC(c2cc(F)cc(F)c2)C[C@@H]1C. The number of hydrogen-bond donors (Lipinski definition) is 0. The van der Waals surface area contributed by atoms with Crippen LogP contribution in [0, 0.1) is 23.5 Å². The van der Waals surface area contributed by atoms with Gasteiger partial charge in [-0.05, 0) is 54.7 Å². The molecule has 1 aromatic carbocycles. The Morgan fingerprint density at radius 3 is 2.12 bits per heavy atom. The van der Waals surface area contributed by atoms with Gasteiger partial charge in [0, 0.05) is 6.07 Å². The molecule has 2 rings (SSSR count). The molecule has 88 valence electrons. The smallest absolute Gasteiger partial charge is 0.126 e. The largest absolute Gasteiger partial charge is 0.207 e. The molecule has 1 aliphatic carbocycles. The van der Waals surface area contributed by atoms with Gasteiger partial charge in [-0.1, -0.05) is 13.8 Å². The average Bonchev–Trinajstić information content (AvgIpc) is 2.20. The van der Waals surface area contributed by atoms with Crippen molar-refractivity contribution in [3.8, 4) is 0 Å². The molecule has 0 aliphatic heterocycles. The van der Waals surface area contributed by atoms with Gasteiger partial charge in [0.25, 0.3) is 0 Å². The third-order valence-electron chi connectivity index (χ3n) is 3.95. The lowest BCUT2D eigenvalue weighted by Gasteiger charge is -2.32. The highest BCUT2D eigenvalue weighted by Gasteiger charge is 2.26. The van der Waals surface area contributed by atoms with Crippen molar-refractivity contribution in [3.05, 3.63) is 35.4 Å². The second-order valence-corrected chi connectivity index (χ2v) is 5.17. The Labute approximate surface area is 95.7 Å². The normalized spacial score (nSPS) is 30.4. The molecular formula is C14H18F2. The lowest BCUT2D eigenvalue weighted by Crippen LogP contribution is -2.19. The Kier molecular flexibility index (Phi) is 3.27. The van der Waals surface area contributed by atoms with Crippen LogP contribution in [0.1, 0.15) is 44.6 Å². The Hall–Kier alpha value is -0.920. The van der Waals surface area contributed by atoms with Gasteiger partial charge in [-0.2, -0.15) is 0 Å². The average molecular weight is 224 g/mol. The summed E-state index contributed by atoms with van der Waals surface area (Å²) in [6.07, 6.45) is 3.25. The molecule has 0 amide bonds. The molecule has 3 atom stereocenters. The molecule has 0 bridgehead atoms. The van der Waals surface area contributed by atoms with Gasteiger partial charge < -0.3 is 0 Å². The number of halogens is 2. The van der Waals surface area contributed by atoms with Gasteiger partial charge in [-0.25, -0.2) is 8.78 Å². The van der Waals surface area contributed by atoms with Crippen molar-refractivity contribution in [3.63, 3.8) is 0 Å². The second-order valence-electron chi connectivity index (χ2n) is 5.17. The summed E-state index contributed by atoms with van der Waals surface area (Å²) in [5.74, 6) is 0.790. The molecule has 2 unspecified atom stereocenters. The van der Waals surface area contributed by atoms with Crippen LogP contribution in [0.2, 0.25) is 0 Å². The van der Waals surface area contributed by atoms with E-state index >= 15 is 0 Å². The summed E-state index contributed by atoms with van der Waals surface area (Å²) in [5.41, 5.74) is 0.830. The van der Waals surface area contributed by atoms with E-state index in [2.05, 4.69) is 13.8 Å². The summed E-state index contributed by atoms with van der Waals surface area (Å²) in [7, 11) is 0. The van der Waals surface area contributed by atoms with Gasteiger partial charge in [-0.15, -0.1) is 0 Å². The minimum Gasteiger partial charge on any atom is -0.207 e. The van der Waals surface area contributed by atoms with Crippen LogP contribution in [0.25, 0.3) is 0 Å². The molecule has 16 heavy (non-hydrogen) atoms. The van der Waals surface area contributed by atoms with Crippen molar-refractivity contribution in [1.82, 2.24) is 0 Å². The molecule has 0 radical (unpaired) electrons. The molecular weight excluding hydrogens is 206 g/mol. The lowest BCUT2D eigenvalue weighted by atomic mass is 9.73. The van der Waals surface area contributed by atoms with Crippen molar-refractivity contribution < 1.29 is 8.78 Å². The zero-order valence-electron chi connectivity index (χ0n) is 9.84. The van der Waals surface area contributed by atoms with Gasteiger partial charge in [0.05, 0.1) is 0 Å². The Balaban J connectivity index is 2.18. The highest BCUT2D eigenvalue weighted by Crippen LogP contribution is 2.39. The molecule has 0 nitrogen and oxygen atoms in total. The third-order valence-corrected chi connectivity index (χ3v) is 3.95. The summed E-state index contributed by atoms with van der Waals surface area (Å²) in [5, 5.41) is 0. The highest BCUT2D eigenvalue weighted by atomic mass is 19.1. The van der Waals surface area contributed by atoms with Crippen LogP contribution in [0.15, 0.2) is 18.2 Å². The third kappa shape index (κ3) is 2.42. The van der Waals surface area contributed by atoms with Crippen molar-refractivity contribution in [1.29, 1.82) is 0 Å². The van der Waals surface area contributed by atoms with Crippen LogP contribution in [0.4, 0.5) is 8.78 Å². The van der Waals surface area contributed by atoms with Crippen molar-refractivity contribution >= 4 is 0 Å². The monoisotopic (exact) mass is 224 g/mol. The number of hydrogen-bond acceptors (Lipinski definition) is 0. The molecule has 1 aliphatic rings. The van der Waals surface area contributed by atoms with Gasteiger partial charge in [0.1, 0.15) is 11.6 Å². The van der Waals surface area contributed by atoms with Gasteiger partial charge >= 0.3 is 0 Å². The van der Waals surface area contributed by atoms with Crippen molar-refractivity contribution in [2.75, 3.05) is 0 Å². The molecule has 0 N–H and O–H groups in total. The van der Waals surface area contributed by atoms with E-state index in [1.807, 2.05) is 0 Å². The molecule has 1 saturated carbocycles. The predicted octanol–water partition coefficient (Wildman–Crippen LogP) is 4.50. The van der Waals surface area contributed by atoms with Crippen LogP contribution in [-0.4, -0.2) is 0 Å². The summed E-state index contributed by atoms with van der Waals surface area (Å²) < 4.78 is 26.2. The summed E-state index contributed by atoms with van der Waals surface area (Å²) in [4.78, 5) is 0. The van der Waals surface area contributed by atoms with E-state index < -0.39 is 11.6 Å². The molecule has 1 fully saturated rings. The van der Waals surface area contributed by atoms with Gasteiger partial charge in [-0.3, -0.25) is 0 Å². The van der Waals surface area contributed by atoms with Crippen LogP contribution in [0.3, 0.4) is 0 Å². The van der Waals surface area contributed by atoms with Crippen LogP contribution in [-0.2, 0) is 0 Å². The van der Waals surface area contributed by atoms with Gasteiger partial charge in [0.15, 0.2) is 0 Å². The first-order valence-electron chi connectivity index (χ1n) is 6.02. The second kappa shape index (κ2) is 4.52. The van der Waals surface area contributed by atoms with Crippen LogP contribution < -0.4 is 0 Å². The summed E-state index contributed by atoms with van der Waals surface area (Å²) in [6, 6.07) is 3.91. The minimum atomic E-state index is -0.457. The number of benzene rings is 1. The maximum absolute atomic E-state index is 13.1. The van der Waals surface area contributed by atoms with Crippen molar-refractivity contribution in [2.45, 2.75) is 39.0 Å². The fourth-order valence-electron chi connectivity index (χ4n) is 2.66. The van der Waals surface area contributed by atoms with E-state index in [0.29, 0.717) is 11.8 Å². The zero-order chi connectivity index (χ0) is 11.7. The van der Waals surface area contributed by atoms with Gasteiger partial charge in [0.2, 0.25) is 0 Å². The lowest BCUT2D eigenvalue weighted by molar-refractivity contribution is 0.250. The van der Waals surface area contributed by atoms with E-state index in [4.69, 9.17) is 0 Å². The van der Waals surface area contributed by atoms with E-state index in [1.165, 1.54) is 12.1 Å². The molecule has 0 heterocycles. The fourth-order valence-corrected chi connectivity index (χ4v) is 2.66. The quantitative estimate of drug-likeness (QED) is 0.658. The Morgan fingerprint density at radius 1 is 0.938 bits per heavy atom. The first-order valence-corrected chi connectivity index (χ1v) is 6.02. The first kappa shape index (κ1) is 11.6. The van der Waals surface area contributed by atoms with Crippen LogP contribution >= 0.6 is 0 Å². The summed E-state index contributed by atoms with van der Waals surface area (Å²) >= 11 is 0. The fraction of sp³-hybridized carbons (Fsp3) is 0.571. The molecule has 0 saturated heterocycles. The van der Waals surface area contributed by atoms with E-state index in [1.54, 1.807) is 0 Å². The maximum Gasteiger partial charge on any atom is 0.126 e. The van der Waals surface area contributed by atoms with E-state index in [-0.39, 0.29) is 0 Å². The van der Waals surface area contributed by atoms with E-state index in [0.717, 1.165) is 36.8 Å². The van der Waals surface area contributed by atoms with E-state index in [9.17, 15) is 8.78 Å². The molecule has 2 heteroatoms. The zero-order valence-corrected chi connectivity index (χ0v) is 9.84. The maximum atomic E-state index is 13.1. The van der Waals surface area contributed by atoms with Crippen molar-refractivity contribution in [2.24, 2.45) is 11.8 Å². The Morgan fingerprint density at radius 2 is 1.56 bits per heavy atom. The predicted molar refractivity (Wildman–Crippen MR) is 61.3 cm³/mol.